The Bertz CT molecular complexity index is 979. The first-order chi connectivity index (χ1) is 12.0. The first-order valence-corrected chi connectivity index (χ1v) is 7.59. The molecule has 0 heterocycles. The number of rotatable bonds is 4. The summed E-state index contributed by atoms with van der Waals surface area (Å²) in [5.74, 6) is -1.19. The van der Waals surface area contributed by atoms with Crippen LogP contribution in [0.25, 0.3) is 10.8 Å². The molecule has 3 aromatic rings. The van der Waals surface area contributed by atoms with Gasteiger partial charge in [-0.3, -0.25) is 4.79 Å². The monoisotopic (exact) mass is 333 g/mol. The smallest absolute Gasteiger partial charge is 0.335 e. The number of carboxylic acids is 1. The lowest BCUT2D eigenvalue weighted by Crippen LogP contribution is -2.05. The van der Waals surface area contributed by atoms with E-state index < -0.39 is 5.97 Å². The molecule has 0 aromatic heterocycles. The van der Waals surface area contributed by atoms with Crippen molar-refractivity contribution in [3.8, 4) is 0 Å². The Balaban J connectivity index is 2.03. The molecule has 2 N–H and O–H groups in total. The fourth-order valence-corrected chi connectivity index (χ4v) is 2.43. The molecule has 3 rings (SSSR count). The standard InChI is InChI=1S/C19H15N3O3/c1-12(23)20-17-11-8-13-4-2-3-5-16(13)18(17)22-21-15-9-6-14(7-10-15)19(24)25/h2-11H,1H3,(H,20,23)(H,24,25). The Morgan fingerprint density at radius 3 is 2.32 bits per heavy atom. The second-order valence-corrected chi connectivity index (χ2v) is 5.42. The molecule has 0 fully saturated rings. The van der Waals surface area contributed by atoms with Gasteiger partial charge in [0.25, 0.3) is 0 Å². The summed E-state index contributed by atoms with van der Waals surface area (Å²) in [5.41, 5.74) is 1.82. The van der Waals surface area contributed by atoms with E-state index in [1.807, 2.05) is 30.3 Å². The van der Waals surface area contributed by atoms with Gasteiger partial charge in [0.1, 0.15) is 5.69 Å². The zero-order valence-electron chi connectivity index (χ0n) is 13.4. The van der Waals surface area contributed by atoms with Crippen molar-refractivity contribution in [2.75, 3.05) is 5.32 Å². The lowest BCUT2D eigenvalue weighted by atomic mass is 10.1. The topological polar surface area (TPSA) is 91.1 Å². The molecule has 0 radical (unpaired) electrons. The van der Waals surface area contributed by atoms with E-state index in [9.17, 15) is 9.59 Å². The van der Waals surface area contributed by atoms with E-state index in [-0.39, 0.29) is 11.5 Å². The maximum Gasteiger partial charge on any atom is 0.335 e. The van der Waals surface area contributed by atoms with Crippen LogP contribution in [0.15, 0.2) is 70.9 Å². The molecule has 1 amide bonds. The molecule has 3 aromatic carbocycles. The van der Waals surface area contributed by atoms with Gasteiger partial charge in [-0.25, -0.2) is 4.79 Å². The van der Waals surface area contributed by atoms with E-state index >= 15 is 0 Å². The first-order valence-electron chi connectivity index (χ1n) is 7.59. The molecule has 0 saturated carbocycles. The molecular weight excluding hydrogens is 318 g/mol. The van der Waals surface area contributed by atoms with Gasteiger partial charge in [0, 0.05) is 12.3 Å². The Morgan fingerprint density at radius 1 is 0.920 bits per heavy atom. The molecule has 6 heteroatoms. The van der Waals surface area contributed by atoms with Crippen molar-refractivity contribution in [1.82, 2.24) is 0 Å². The number of carbonyl (C=O) groups excluding carboxylic acids is 1. The van der Waals surface area contributed by atoms with Crippen molar-refractivity contribution in [1.29, 1.82) is 0 Å². The summed E-state index contributed by atoms with van der Waals surface area (Å²) in [6.07, 6.45) is 0. The summed E-state index contributed by atoms with van der Waals surface area (Å²) >= 11 is 0. The average Bonchev–Trinajstić information content (AvgIpc) is 2.60. The molecule has 6 nitrogen and oxygen atoms in total. The number of nitrogens with one attached hydrogen (secondary N) is 1. The number of carbonyl (C=O) groups is 2. The van der Waals surface area contributed by atoms with Gasteiger partial charge >= 0.3 is 5.97 Å². The summed E-state index contributed by atoms with van der Waals surface area (Å²) in [5, 5.41) is 22.0. The third-order valence-corrected chi connectivity index (χ3v) is 3.59. The van der Waals surface area contributed by atoms with Crippen LogP contribution in [0.3, 0.4) is 0 Å². The third kappa shape index (κ3) is 3.69. The van der Waals surface area contributed by atoms with Gasteiger partial charge in [-0.2, -0.15) is 5.11 Å². The predicted molar refractivity (Wildman–Crippen MR) is 95.8 cm³/mol. The molecule has 25 heavy (non-hydrogen) atoms. The van der Waals surface area contributed by atoms with Gasteiger partial charge < -0.3 is 10.4 Å². The van der Waals surface area contributed by atoms with Crippen LogP contribution in [-0.4, -0.2) is 17.0 Å². The molecule has 0 spiro atoms. The number of amides is 1. The fourth-order valence-electron chi connectivity index (χ4n) is 2.43. The van der Waals surface area contributed by atoms with Crippen LogP contribution in [0.2, 0.25) is 0 Å². The average molecular weight is 333 g/mol. The van der Waals surface area contributed by atoms with Crippen LogP contribution in [-0.2, 0) is 4.79 Å². The molecule has 0 aliphatic heterocycles. The van der Waals surface area contributed by atoms with E-state index in [1.54, 1.807) is 18.2 Å². The molecule has 124 valence electrons. The number of aromatic carboxylic acids is 1. The molecule has 0 bridgehead atoms. The molecule has 0 aliphatic rings. The summed E-state index contributed by atoms with van der Waals surface area (Å²) in [6.45, 7) is 1.43. The van der Waals surface area contributed by atoms with Crippen molar-refractivity contribution in [2.24, 2.45) is 10.2 Å². The lowest BCUT2D eigenvalue weighted by Gasteiger charge is -2.09. The molecule has 0 saturated heterocycles. The third-order valence-electron chi connectivity index (χ3n) is 3.59. The van der Waals surface area contributed by atoms with Crippen LogP contribution in [0.1, 0.15) is 17.3 Å². The highest BCUT2D eigenvalue weighted by Crippen LogP contribution is 2.35. The molecule has 0 unspecified atom stereocenters. The van der Waals surface area contributed by atoms with Crippen LogP contribution in [0, 0.1) is 0 Å². The lowest BCUT2D eigenvalue weighted by molar-refractivity contribution is -0.114. The summed E-state index contributed by atoms with van der Waals surface area (Å²) < 4.78 is 0. The van der Waals surface area contributed by atoms with Gasteiger partial charge in [0.2, 0.25) is 5.91 Å². The number of nitrogens with zero attached hydrogens (tertiary/aromatic N) is 2. The van der Waals surface area contributed by atoms with Crippen molar-refractivity contribution >= 4 is 39.7 Å². The second-order valence-electron chi connectivity index (χ2n) is 5.42. The number of benzene rings is 3. The van der Waals surface area contributed by atoms with E-state index in [2.05, 4.69) is 15.5 Å². The van der Waals surface area contributed by atoms with E-state index in [4.69, 9.17) is 5.11 Å². The number of fused-ring (bicyclic) bond motifs is 1. The minimum atomic E-state index is -0.995. The van der Waals surface area contributed by atoms with Crippen molar-refractivity contribution in [3.63, 3.8) is 0 Å². The zero-order valence-corrected chi connectivity index (χ0v) is 13.4. The minimum Gasteiger partial charge on any atom is -0.478 e. The van der Waals surface area contributed by atoms with Crippen molar-refractivity contribution in [2.45, 2.75) is 6.92 Å². The van der Waals surface area contributed by atoms with E-state index in [0.29, 0.717) is 17.1 Å². The highest BCUT2D eigenvalue weighted by molar-refractivity contribution is 6.02. The van der Waals surface area contributed by atoms with Crippen LogP contribution in [0.5, 0.6) is 0 Å². The van der Waals surface area contributed by atoms with Crippen LogP contribution < -0.4 is 5.32 Å². The normalized spacial score (nSPS) is 10.9. The first kappa shape index (κ1) is 16.3. The van der Waals surface area contributed by atoms with Crippen molar-refractivity contribution in [3.05, 3.63) is 66.2 Å². The predicted octanol–water partition coefficient (Wildman–Crippen LogP) is 4.91. The number of azo groups is 1. The van der Waals surface area contributed by atoms with Gasteiger partial charge in [-0.05, 0) is 35.7 Å². The quantitative estimate of drug-likeness (QED) is 0.664. The number of hydrogen-bond donors (Lipinski definition) is 2. The number of carboxylic acid groups (broad SMARTS) is 1. The van der Waals surface area contributed by atoms with E-state index in [0.717, 1.165) is 10.8 Å². The van der Waals surface area contributed by atoms with Crippen LogP contribution in [0.4, 0.5) is 17.1 Å². The Kier molecular flexibility index (Phi) is 4.52. The SMILES string of the molecule is CC(=O)Nc1ccc2ccccc2c1N=Nc1ccc(C(=O)O)cc1. The maximum absolute atomic E-state index is 11.4. The van der Waals surface area contributed by atoms with E-state index in [1.165, 1.54) is 19.1 Å². The summed E-state index contributed by atoms with van der Waals surface area (Å²) in [7, 11) is 0. The summed E-state index contributed by atoms with van der Waals surface area (Å²) in [6, 6.07) is 17.4. The van der Waals surface area contributed by atoms with Gasteiger partial charge in [-0.15, -0.1) is 5.11 Å². The van der Waals surface area contributed by atoms with Gasteiger partial charge in [0.05, 0.1) is 16.9 Å². The number of hydrogen-bond acceptors (Lipinski definition) is 4. The highest BCUT2D eigenvalue weighted by atomic mass is 16.4. The molecular formula is C19H15N3O3. The molecule has 0 aliphatic carbocycles. The van der Waals surface area contributed by atoms with Gasteiger partial charge in [-0.1, -0.05) is 30.3 Å². The van der Waals surface area contributed by atoms with Crippen molar-refractivity contribution < 1.29 is 14.7 Å². The highest BCUT2D eigenvalue weighted by Gasteiger charge is 2.08. The Morgan fingerprint density at radius 2 is 1.64 bits per heavy atom. The zero-order chi connectivity index (χ0) is 17.8. The Labute approximate surface area is 143 Å². The summed E-state index contributed by atoms with van der Waals surface area (Å²) in [4.78, 5) is 22.3. The second kappa shape index (κ2) is 6.92. The van der Waals surface area contributed by atoms with Crippen LogP contribution >= 0.6 is 0 Å². The Hall–Kier alpha value is -3.54. The minimum absolute atomic E-state index is 0.183. The largest absolute Gasteiger partial charge is 0.478 e. The fraction of sp³-hybridized carbons (Fsp3) is 0.0526. The maximum atomic E-state index is 11.4. The molecule has 0 atom stereocenters. The van der Waals surface area contributed by atoms with Gasteiger partial charge in [0.15, 0.2) is 0 Å². The number of anilines is 1.